The summed E-state index contributed by atoms with van der Waals surface area (Å²) in [6.07, 6.45) is 8.30. The van der Waals surface area contributed by atoms with Gasteiger partial charge in [0.1, 0.15) is 21.4 Å². The van der Waals surface area contributed by atoms with Crippen LogP contribution in [0.2, 0.25) is 0 Å². The molecule has 0 unspecified atom stereocenters. The maximum atomic E-state index is 8.51. The Morgan fingerprint density at radius 3 is 1.97 bits per heavy atom. The lowest BCUT2D eigenvalue weighted by molar-refractivity contribution is 0.372. The molecule has 0 radical (unpaired) electrons. The topological polar surface area (TPSA) is 81.8 Å². The zero-order valence-corrected chi connectivity index (χ0v) is 25.1. The molecule has 4 heterocycles. The molecule has 7 nitrogen and oxygen atoms in total. The van der Waals surface area contributed by atoms with Crippen molar-refractivity contribution < 1.29 is 0 Å². The fraction of sp³-hybridized carbons (Fsp3) is 0.444. The van der Waals surface area contributed by atoms with E-state index < -0.39 is 0 Å². The van der Waals surface area contributed by atoms with Crippen LogP contribution >= 0.6 is 47.0 Å². The Bertz CT molecular complexity index is 1250. The average Bonchev–Trinajstić information content (AvgIpc) is 3.61. The van der Waals surface area contributed by atoms with Gasteiger partial charge in [-0.25, -0.2) is 0 Å². The number of benzene rings is 1. The minimum Gasteiger partial charge on any atom is -0.302 e. The highest BCUT2D eigenvalue weighted by Crippen LogP contribution is 2.31. The van der Waals surface area contributed by atoms with Gasteiger partial charge in [-0.15, -0.1) is 11.8 Å². The van der Waals surface area contributed by atoms with E-state index in [0.717, 1.165) is 78.4 Å². The third-order valence-corrected chi connectivity index (χ3v) is 9.47. The predicted molar refractivity (Wildman–Crippen MR) is 162 cm³/mol. The fourth-order valence-corrected chi connectivity index (χ4v) is 7.43. The molecule has 5 rings (SSSR count). The monoisotopic (exact) mass is 583 g/mol. The first kappa shape index (κ1) is 28.9. The van der Waals surface area contributed by atoms with E-state index >= 15 is 0 Å². The van der Waals surface area contributed by atoms with Gasteiger partial charge in [-0.2, -0.15) is 22.8 Å². The van der Waals surface area contributed by atoms with Crippen molar-refractivity contribution in [1.82, 2.24) is 27.3 Å². The molecule has 38 heavy (non-hydrogen) atoms. The van der Waals surface area contributed by atoms with Crippen LogP contribution in [0.3, 0.4) is 0 Å². The molecule has 0 saturated heterocycles. The number of nitriles is 1. The highest BCUT2D eigenvalue weighted by atomic mass is 32.2. The first-order chi connectivity index (χ1) is 18.6. The van der Waals surface area contributed by atoms with Gasteiger partial charge in [-0.05, 0) is 50.1 Å². The van der Waals surface area contributed by atoms with E-state index in [1.54, 1.807) is 23.5 Å². The summed E-state index contributed by atoms with van der Waals surface area (Å²) in [5.41, 5.74) is 6.07. The van der Waals surface area contributed by atoms with Crippen molar-refractivity contribution in [3.8, 4) is 6.07 Å². The molecular formula is C27H33N7S4. The van der Waals surface area contributed by atoms with Crippen LogP contribution in [0.25, 0.3) is 11.1 Å². The molecule has 200 valence electrons. The third kappa shape index (κ3) is 8.73. The molecule has 0 amide bonds. The summed E-state index contributed by atoms with van der Waals surface area (Å²) in [4.78, 5) is 4.64. The van der Waals surface area contributed by atoms with E-state index in [-0.39, 0.29) is 0 Å². The van der Waals surface area contributed by atoms with Gasteiger partial charge < -0.3 is 9.80 Å². The predicted octanol–water partition coefficient (Wildman–Crippen LogP) is 6.20. The van der Waals surface area contributed by atoms with Gasteiger partial charge in [0.25, 0.3) is 0 Å². The quantitative estimate of drug-likeness (QED) is 0.216. The van der Waals surface area contributed by atoms with Crippen LogP contribution in [-0.4, -0.2) is 73.3 Å². The number of hydrogen-bond donors (Lipinski definition) is 0. The van der Waals surface area contributed by atoms with Crippen molar-refractivity contribution in [2.45, 2.75) is 41.5 Å². The van der Waals surface area contributed by atoms with Crippen molar-refractivity contribution in [2.75, 3.05) is 46.0 Å². The summed E-state index contributed by atoms with van der Waals surface area (Å²) in [5, 5.41) is 10.6. The van der Waals surface area contributed by atoms with Gasteiger partial charge in [0.15, 0.2) is 0 Å². The molecule has 2 aliphatic rings. The number of rotatable bonds is 9. The van der Waals surface area contributed by atoms with Crippen molar-refractivity contribution in [2.24, 2.45) is 0 Å². The third-order valence-electron chi connectivity index (χ3n) is 6.10. The summed E-state index contributed by atoms with van der Waals surface area (Å²) in [5.74, 6) is 1.89. The number of aromatic nitrogens is 4. The Balaban J connectivity index is 0.000000178. The molecule has 0 spiro atoms. The molecular weight excluding hydrogens is 551 g/mol. The first-order valence-corrected chi connectivity index (χ1v) is 16.1. The number of nitrogens with zero attached hydrogens (tertiary/aromatic N) is 7. The maximum absolute atomic E-state index is 8.51. The molecule has 2 aromatic heterocycles. The summed E-state index contributed by atoms with van der Waals surface area (Å²) < 4.78 is 17.8. The van der Waals surface area contributed by atoms with Gasteiger partial charge >= 0.3 is 0 Å². The standard InChI is InChI=1S/C15H17N3S2.C12H16N4S2/c1-18-9-5-8-13(10-18)14-15(17-20-16-14)19-11-12-6-3-2-4-7-12;1-16-7-4-5-10(9-16)11-12(15-18-14-11)17-8-3-2-6-13/h2-4,6-8H,5,9-11H2,1H3;5H,2-4,7-9H2,1H3. The summed E-state index contributed by atoms with van der Waals surface area (Å²) in [7, 11) is 4.29. The van der Waals surface area contributed by atoms with Gasteiger partial charge in [-0.1, -0.05) is 54.2 Å². The van der Waals surface area contributed by atoms with Crippen LogP contribution in [0.15, 0.2) is 52.5 Å². The zero-order valence-electron chi connectivity index (χ0n) is 21.9. The van der Waals surface area contributed by atoms with Crippen LogP contribution < -0.4 is 0 Å². The van der Waals surface area contributed by atoms with Crippen LogP contribution in [0.5, 0.6) is 0 Å². The van der Waals surface area contributed by atoms with Crippen LogP contribution in [0.4, 0.5) is 0 Å². The first-order valence-electron chi connectivity index (χ1n) is 12.7. The van der Waals surface area contributed by atoms with E-state index in [1.165, 1.54) is 40.2 Å². The van der Waals surface area contributed by atoms with Crippen LogP contribution in [0.1, 0.15) is 42.6 Å². The molecule has 2 aliphatic heterocycles. The van der Waals surface area contributed by atoms with Gasteiger partial charge in [0.05, 0.1) is 29.5 Å². The van der Waals surface area contributed by atoms with Crippen molar-refractivity contribution in [3.05, 3.63) is 59.4 Å². The normalized spacial score (nSPS) is 16.2. The van der Waals surface area contributed by atoms with Gasteiger partial charge in [-0.3, -0.25) is 0 Å². The molecule has 0 N–H and O–H groups in total. The second kappa shape index (κ2) is 15.5. The number of unbranched alkanes of at least 4 members (excludes halogenated alkanes) is 1. The average molecular weight is 584 g/mol. The Morgan fingerprint density at radius 2 is 1.42 bits per heavy atom. The van der Waals surface area contributed by atoms with Crippen molar-refractivity contribution >= 4 is 58.1 Å². The minimum absolute atomic E-state index is 0.616. The highest BCUT2D eigenvalue weighted by molar-refractivity contribution is 7.99. The number of hydrogen-bond acceptors (Lipinski definition) is 11. The Labute approximate surface area is 242 Å². The molecule has 0 bridgehead atoms. The Morgan fingerprint density at radius 1 is 0.842 bits per heavy atom. The summed E-state index contributed by atoms with van der Waals surface area (Å²) in [6, 6.07) is 12.7. The number of thioether (sulfide) groups is 2. The van der Waals surface area contributed by atoms with E-state index in [9.17, 15) is 0 Å². The van der Waals surface area contributed by atoms with E-state index in [2.05, 4.69) is 83.9 Å². The Kier molecular flexibility index (Phi) is 11.8. The summed E-state index contributed by atoms with van der Waals surface area (Å²) in [6.45, 7) is 4.18. The SMILES string of the molecule is CN1CCC=C(c2nsnc2SCCCC#N)C1.CN1CCC=C(c2nsnc2SCc2ccccc2)C1. The molecule has 0 atom stereocenters. The molecule has 0 saturated carbocycles. The van der Waals surface area contributed by atoms with E-state index in [4.69, 9.17) is 5.26 Å². The smallest absolute Gasteiger partial charge is 0.138 e. The van der Waals surface area contributed by atoms with Gasteiger partial charge in [0.2, 0.25) is 0 Å². The molecule has 0 aliphatic carbocycles. The molecule has 1 aromatic carbocycles. The summed E-state index contributed by atoms with van der Waals surface area (Å²) >= 11 is 6.09. The zero-order chi connectivity index (χ0) is 26.6. The lowest BCUT2D eigenvalue weighted by Gasteiger charge is -2.22. The van der Waals surface area contributed by atoms with Crippen LogP contribution in [0, 0.1) is 11.3 Å². The second-order valence-electron chi connectivity index (χ2n) is 9.23. The fourth-order valence-electron chi connectivity index (χ4n) is 4.12. The highest BCUT2D eigenvalue weighted by Gasteiger charge is 2.18. The Hall–Kier alpha value is -2.07. The maximum Gasteiger partial charge on any atom is 0.138 e. The van der Waals surface area contributed by atoms with E-state index in [0.29, 0.717) is 6.42 Å². The minimum atomic E-state index is 0.616. The van der Waals surface area contributed by atoms with Crippen LogP contribution in [-0.2, 0) is 5.75 Å². The lowest BCUT2D eigenvalue weighted by atomic mass is 10.1. The van der Waals surface area contributed by atoms with Crippen molar-refractivity contribution in [1.29, 1.82) is 5.26 Å². The molecule has 11 heteroatoms. The van der Waals surface area contributed by atoms with Crippen molar-refractivity contribution in [3.63, 3.8) is 0 Å². The second-order valence-corrected chi connectivity index (χ2v) is 12.3. The largest absolute Gasteiger partial charge is 0.302 e. The van der Waals surface area contributed by atoms with Gasteiger partial charge in [0, 0.05) is 44.1 Å². The molecule has 0 fully saturated rings. The number of likely N-dealkylation sites (N-methyl/N-ethyl adjacent to an activating group) is 2. The molecule has 3 aromatic rings. The lowest BCUT2D eigenvalue weighted by Crippen LogP contribution is -2.25. The van der Waals surface area contributed by atoms with E-state index in [1.807, 2.05) is 6.07 Å².